The van der Waals surface area contributed by atoms with Crippen molar-refractivity contribution in [1.29, 1.82) is 0 Å². The smallest absolute Gasteiger partial charge is 0.254 e. The molecule has 1 heterocycles. The summed E-state index contributed by atoms with van der Waals surface area (Å²) in [4.78, 5) is 12.1. The maximum atomic E-state index is 12.1. The number of hydrogen-bond acceptors (Lipinski definition) is 3. The second-order valence-electron chi connectivity index (χ2n) is 5.70. The van der Waals surface area contributed by atoms with Crippen molar-refractivity contribution in [2.75, 3.05) is 0 Å². The lowest BCUT2D eigenvalue weighted by molar-refractivity contribution is 0.0869. The minimum atomic E-state index is -0.0796. The Morgan fingerprint density at radius 3 is 2.78 bits per heavy atom. The highest BCUT2D eigenvalue weighted by atomic mass is 16.3. The predicted molar refractivity (Wildman–Crippen MR) is 70.1 cm³/mol. The summed E-state index contributed by atoms with van der Waals surface area (Å²) in [5.41, 5.74) is 5.95. The fourth-order valence-electron chi connectivity index (χ4n) is 2.48. The van der Waals surface area contributed by atoms with E-state index in [4.69, 9.17) is 10.2 Å². The van der Waals surface area contributed by atoms with E-state index in [-0.39, 0.29) is 11.4 Å². The van der Waals surface area contributed by atoms with E-state index in [1.165, 1.54) is 19.1 Å². The van der Waals surface area contributed by atoms with Gasteiger partial charge >= 0.3 is 0 Å². The number of hydrogen-bond donors (Lipinski definition) is 2. The summed E-state index contributed by atoms with van der Waals surface area (Å²) in [6.07, 6.45) is 5.92. The van der Waals surface area contributed by atoms with E-state index in [9.17, 15) is 4.79 Å². The number of rotatable bonds is 3. The van der Waals surface area contributed by atoms with Crippen molar-refractivity contribution in [3.05, 3.63) is 23.7 Å². The first-order chi connectivity index (χ1) is 8.52. The Hall–Kier alpha value is -1.29. The van der Waals surface area contributed by atoms with Crippen LogP contribution in [0.5, 0.6) is 0 Å². The first-order valence-electron chi connectivity index (χ1n) is 6.62. The summed E-state index contributed by atoms with van der Waals surface area (Å²) in [6, 6.07) is 1.71. The van der Waals surface area contributed by atoms with E-state index in [0.717, 1.165) is 18.8 Å². The Kier molecular flexibility index (Phi) is 3.76. The highest BCUT2D eigenvalue weighted by molar-refractivity contribution is 5.94. The van der Waals surface area contributed by atoms with Gasteiger partial charge in [-0.3, -0.25) is 4.79 Å². The van der Waals surface area contributed by atoms with Gasteiger partial charge in [-0.2, -0.15) is 0 Å². The summed E-state index contributed by atoms with van der Waals surface area (Å²) < 4.78 is 5.19. The molecular formula is C14H22N2O2. The average molecular weight is 250 g/mol. The molecule has 1 saturated carbocycles. The molecule has 4 heteroatoms. The summed E-state index contributed by atoms with van der Waals surface area (Å²) in [7, 11) is 0. The molecule has 0 bridgehead atoms. The molecule has 2 rings (SSSR count). The van der Waals surface area contributed by atoms with E-state index in [1.807, 2.05) is 0 Å². The second kappa shape index (κ2) is 5.14. The molecule has 0 atom stereocenters. The molecule has 0 aromatic carbocycles. The van der Waals surface area contributed by atoms with Gasteiger partial charge < -0.3 is 15.5 Å². The number of furan rings is 1. The highest BCUT2D eigenvalue weighted by Crippen LogP contribution is 2.31. The van der Waals surface area contributed by atoms with Crippen LogP contribution in [0.3, 0.4) is 0 Å². The number of nitrogens with one attached hydrogen (secondary N) is 1. The average Bonchev–Trinajstić information content (AvgIpc) is 2.82. The third-order valence-electron chi connectivity index (χ3n) is 3.91. The minimum absolute atomic E-state index is 0.0597. The van der Waals surface area contributed by atoms with Crippen molar-refractivity contribution in [1.82, 2.24) is 5.32 Å². The van der Waals surface area contributed by atoms with Gasteiger partial charge in [-0.05, 0) is 44.6 Å². The molecule has 3 N–H and O–H groups in total. The van der Waals surface area contributed by atoms with Gasteiger partial charge in [0.1, 0.15) is 12.0 Å². The van der Waals surface area contributed by atoms with Gasteiger partial charge in [0.25, 0.3) is 5.91 Å². The lowest BCUT2D eigenvalue weighted by Crippen LogP contribution is -2.48. The predicted octanol–water partition coefficient (Wildman–Crippen LogP) is 2.44. The zero-order chi connectivity index (χ0) is 13.2. The Bertz CT molecular complexity index is 417. The maximum absolute atomic E-state index is 12.1. The van der Waals surface area contributed by atoms with Crippen LogP contribution in [0.15, 0.2) is 16.7 Å². The summed E-state index contributed by atoms with van der Waals surface area (Å²) >= 11 is 0. The summed E-state index contributed by atoms with van der Waals surface area (Å²) in [6.45, 7) is 4.72. The third kappa shape index (κ3) is 2.93. The maximum Gasteiger partial charge on any atom is 0.254 e. The molecule has 1 amide bonds. The monoisotopic (exact) mass is 250 g/mol. The Morgan fingerprint density at radius 2 is 2.22 bits per heavy atom. The van der Waals surface area contributed by atoms with Crippen molar-refractivity contribution >= 4 is 5.91 Å². The molecule has 1 aromatic rings. The number of carbonyl (C=O) groups is 1. The summed E-state index contributed by atoms with van der Waals surface area (Å²) in [5.74, 6) is 1.35. The van der Waals surface area contributed by atoms with Crippen LogP contribution in [-0.4, -0.2) is 11.4 Å². The molecular weight excluding hydrogens is 228 g/mol. The zero-order valence-corrected chi connectivity index (χ0v) is 11.2. The third-order valence-corrected chi connectivity index (χ3v) is 3.91. The van der Waals surface area contributed by atoms with Gasteiger partial charge in [-0.15, -0.1) is 0 Å². The van der Waals surface area contributed by atoms with E-state index in [2.05, 4.69) is 19.2 Å². The highest BCUT2D eigenvalue weighted by Gasteiger charge is 2.31. The first kappa shape index (κ1) is 13.1. The van der Waals surface area contributed by atoms with E-state index in [1.54, 1.807) is 6.07 Å². The van der Waals surface area contributed by atoms with Crippen molar-refractivity contribution in [2.45, 2.75) is 51.6 Å². The van der Waals surface area contributed by atoms with Crippen molar-refractivity contribution in [3.63, 3.8) is 0 Å². The minimum Gasteiger partial charge on any atom is -0.467 e. The molecule has 0 unspecified atom stereocenters. The Morgan fingerprint density at radius 1 is 1.56 bits per heavy atom. The fourth-order valence-corrected chi connectivity index (χ4v) is 2.48. The number of amides is 1. The molecule has 4 nitrogen and oxygen atoms in total. The topological polar surface area (TPSA) is 68.3 Å². The SMILES string of the molecule is CC1CCC(C)(NC(=O)c2coc(CN)c2)CC1. The Balaban J connectivity index is 1.98. The summed E-state index contributed by atoms with van der Waals surface area (Å²) in [5, 5.41) is 3.13. The molecule has 0 radical (unpaired) electrons. The Labute approximate surface area is 108 Å². The molecule has 18 heavy (non-hydrogen) atoms. The molecule has 1 aliphatic rings. The number of nitrogens with two attached hydrogens (primary N) is 1. The van der Waals surface area contributed by atoms with Crippen molar-refractivity contribution in [2.24, 2.45) is 11.7 Å². The van der Waals surface area contributed by atoms with Gasteiger partial charge in [0, 0.05) is 5.54 Å². The van der Waals surface area contributed by atoms with Gasteiger partial charge in [0.15, 0.2) is 0 Å². The van der Waals surface area contributed by atoms with Crippen molar-refractivity contribution in [3.8, 4) is 0 Å². The molecule has 0 aliphatic heterocycles. The molecule has 100 valence electrons. The van der Waals surface area contributed by atoms with Crippen LogP contribution < -0.4 is 11.1 Å². The molecule has 0 saturated heterocycles. The van der Waals surface area contributed by atoms with Gasteiger partial charge in [0.2, 0.25) is 0 Å². The normalized spacial score (nSPS) is 28.1. The van der Waals surface area contributed by atoms with E-state index in [0.29, 0.717) is 17.9 Å². The lowest BCUT2D eigenvalue weighted by atomic mass is 9.78. The van der Waals surface area contributed by atoms with Crippen molar-refractivity contribution < 1.29 is 9.21 Å². The van der Waals surface area contributed by atoms with Crippen LogP contribution >= 0.6 is 0 Å². The quantitative estimate of drug-likeness (QED) is 0.865. The van der Waals surface area contributed by atoms with Gasteiger partial charge in [0.05, 0.1) is 12.1 Å². The fraction of sp³-hybridized carbons (Fsp3) is 0.643. The standard InChI is InChI=1S/C14H22N2O2/c1-10-3-5-14(2,6-4-10)16-13(17)11-7-12(8-15)18-9-11/h7,9-10H,3-6,8,15H2,1-2H3,(H,16,17). The largest absolute Gasteiger partial charge is 0.467 e. The first-order valence-corrected chi connectivity index (χ1v) is 6.62. The van der Waals surface area contributed by atoms with E-state index < -0.39 is 0 Å². The van der Waals surface area contributed by atoms with Crippen LogP contribution in [0.1, 0.15) is 55.6 Å². The zero-order valence-electron chi connectivity index (χ0n) is 11.2. The molecule has 1 fully saturated rings. The van der Waals surface area contributed by atoms with Crippen LogP contribution in [0, 0.1) is 5.92 Å². The van der Waals surface area contributed by atoms with Crippen LogP contribution in [-0.2, 0) is 6.54 Å². The van der Waals surface area contributed by atoms with Gasteiger partial charge in [-0.1, -0.05) is 6.92 Å². The molecule has 0 spiro atoms. The van der Waals surface area contributed by atoms with Crippen LogP contribution in [0.25, 0.3) is 0 Å². The lowest BCUT2D eigenvalue weighted by Gasteiger charge is -2.37. The van der Waals surface area contributed by atoms with Crippen LogP contribution in [0.4, 0.5) is 0 Å². The van der Waals surface area contributed by atoms with Crippen LogP contribution in [0.2, 0.25) is 0 Å². The molecule has 1 aromatic heterocycles. The molecule has 1 aliphatic carbocycles. The number of carbonyl (C=O) groups excluding carboxylic acids is 1. The van der Waals surface area contributed by atoms with E-state index >= 15 is 0 Å². The second-order valence-corrected chi connectivity index (χ2v) is 5.70. The van der Waals surface area contributed by atoms with Gasteiger partial charge in [-0.25, -0.2) is 0 Å².